The van der Waals surface area contributed by atoms with Crippen LogP contribution in [0.15, 0.2) is 41.5 Å². The first-order chi connectivity index (χ1) is 10.7. The van der Waals surface area contributed by atoms with Crippen molar-refractivity contribution in [2.75, 3.05) is 13.7 Å². The fourth-order valence-electron chi connectivity index (χ4n) is 2.03. The summed E-state index contributed by atoms with van der Waals surface area (Å²) >= 11 is 0. The van der Waals surface area contributed by atoms with Crippen molar-refractivity contribution < 1.29 is 4.74 Å². The van der Waals surface area contributed by atoms with Gasteiger partial charge in [-0.05, 0) is 30.7 Å². The first-order valence-electron chi connectivity index (χ1n) is 7.35. The average molecular weight is 301 g/mol. The van der Waals surface area contributed by atoms with Crippen LogP contribution in [0, 0.1) is 0 Å². The van der Waals surface area contributed by atoms with E-state index in [-0.39, 0.29) is 0 Å². The van der Waals surface area contributed by atoms with Gasteiger partial charge in [-0.3, -0.25) is 4.68 Å². The molecule has 0 unspecified atom stereocenters. The highest BCUT2D eigenvalue weighted by atomic mass is 16.5. The molecule has 0 aliphatic heterocycles. The highest BCUT2D eigenvalue weighted by Gasteiger charge is 2.02. The Balaban J connectivity index is 1.98. The second-order valence-electron chi connectivity index (χ2n) is 4.85. The number of hydrogen-bond donors (Lipinski definition) is 2. The van der Waals surface area contributed by atoms with Crippen LogP contribution < -0.4 is 15.4 Å². The van der Waals surface area contributed by atoms with Gasteiger partial charge in [0.05, 0.1) is 25.9 Å². The van der Waals surface area contributed by atoms with E-state index in [9.17, 15) is 0 Å². The number of nitrogens with one attached hydrogen (secondary N) is 2. The van der Waals surface area contributed by atoms with Crippen LogP contribution in [0.4, 0.5) is 0 Å². The molecule has 0 saturated carbocycles. The van der Waals surface area contributed by atoms with Crippen LogP contribution in [0.2, 0.25) is 0 Å². The minimum atomic E-state index is 0.595. The Morgan fingerprint density at radius 3 is 2.86 bits per heavy atom. The summed E-state index contributed by atoms with van der Waals surface area (Å²) in [4.78, 5) is 4.60. The third-order valence-electron chi connectivity index (χ3n) is 3.26. The van der Waals surface area contributed by atoms with Gasteiger partial charge in [0.15, 0.2) is 5.96 Å². The van der Waals surface area contributed by atoms with E-state index in [4.69, 9.17) is 4.74 Å². The van der Waals surface area contributed by atoms with E-state index in [1.807, 2.05) is 49.0 Å². The van der Waals surface area contributed by atoms with Crippen molar-refractivity contribution in [2.45, 2.75) is 20.0 Å². The van der Waals surface area contributed by atoms with Gasteiger partial charge >= 0.3 is 0 Å². The van der Waals surface area contributed by atoms with Crippen LogP contribution in [0.25, 0.3) is 0 Å². The summed E-state index contributed by atoms with van der Waals surface area (Å²) in [6, 6.07) is 9.92. The number of aromatic nitrogens is 2. The molecule has 1 heterocycles. The standard InChI is InChI=1S/C16H23N5O/c1-4-17-16(19-12-14-8-9-20-21(14)2)18-11-13-6-5-7-15(10-13)22-3/h5-10H,4,11-12H2,1-3H3,(H2,17,18,19). The molecule has 0 spiro atoms. The van der Waals surface area contributed by atoms with Gasteiger partial charge in [-0.15, -0.1) is 0 Å². The van der Waals surface area contributed by atoms with Crippen molar-refractivity contribution >= 4 is 5.96 Å². The van der Waals surface area contributed by atoms with Crippen molar-refractivity contribution in [3.63, 3.8) is 0 Å². The summed E-state index contributed by atoms with van der Waals surface area (Å²) in [6.45, 7) is 4.14. The van der Waals surface area contributed by atoms with Crippen molar-refractivity contribution in [1.82, 2.24) is 20.4 Å². The number of methoxy groups -OCH3 is 1. The van der Waals surface area contributed by atoms with Gasteiger partial charge < -0.3 is 15.4 Å². The van der Waals surface area contributed by atoms with E-state index < -0.39 is 0 Å². The molecule has 118 valence electrons. The fraction of sp³-hybridized carbons (Fsp3) is 0.375. The Labute approximate surface area is 131 Å². The largest absolute Gasteiger partial charge is 0.497 e. The van der Waals surface area contributed by atoms with Crippen LogP contribution in [-0.2, 0) is 20.1 Å². The Kier molecular flexibility index (Phi) is 5.82. The molecule has 6 heteroatoms. The molecule has 22 heavy (non-hydrogen) atoms. The smallest absolute Gasteiger partial charge is 0.191 e. The summed E-state index contributed by atoms with van der Waals surface area (Å²) in [6.07, 6.45) is 1.79. The number of aliphatic imine (C=N–C) groups is 1. The molecular weight excluding hydrogens is 278 g/mol. The zero-order valence-electron chi connectivity index (χ0n) is 13.3. The van der Waals surface area contributed by atoms with E-state index in [2.05, 4.69) is 20.7 Å². The number of hydrogen-bond acceptors (Lipinski definition) is 3. The Bertz CT molecular complexity index is 621. The SMILES string of the molecule is CCNC(=NCc1cccc(OC)c1)NCc1ccnn1C. The zero-order valence-corrected chi connectivity index (χ0v) is 13.3. The molecule has 0 fully saturated rings. The molecule has 6 nitrogen and oxygen atoms in total. The molecule has 2 aromatic rings. The van der Waals surface area contributed by atoms with E-state index >= 15 is 0 Å². The highest BCUT2D eigenvalue weighted by molar-refractivity contribution is 5.79. The predicted molar refractivity (Wildman–Crippen MR) is 87.9 cm³/mol. The molecule has 0 aliphatic rings. The number of ether oxygens (including phenoxy) is 1. The molecule has 0 atom stereocenters. The van der Waals surface area contributed by atoms with Crippen molar-refractivity contribution in [2.24, 2.45) is 12.0 Å². The zero-order chi connectivity index (χ0) is 15.8. The lowest BCUT2D eigenvalue weighted by molar-refractivity contribution is 0.414. The summed E-state index contributed by atoms with van der Waals surface area (Å²) in [7, 11) is 3.60. The van der Waals surface area contributed by atoms with Gasteiger partial charge in [0.25, 0.3) is 0 Å². The minimum Gasteiger partial charge on any atom is -0.497 e. The minimum absolute atomic E-state index is 0.595. The molecule has 0 amide bonds. The third-order valence-corrected chi connectivity index (χ3v) is 3.26. The van der Waals surface area contributed by atoms with E-state index in [1.165, 1.54) is 0 Å². The van der Waals surface area contributed by atoms with Crippen LogP contribution >= 0.6 is 0 Å². The number of guanidine groups is 1. The molecule has 2 rings (SSSR count). The normalized spacial score (nSPS) is 11.3. The molecule has 1 aromatic carbocycles. The van der Waals surface area contributed by atoms with Crippen molar-refractivity contribution in [1.29, 1.82) is 0 Å². The molecule has 2 N–H and O–H groups in total. The first-order valence-corrected chi connectivity index (χ1v) is 7.35. The average Bonchev–Trinajstić information content (AvgIpc) is 2.95. The van der Waals surface area contributed by atoms with Crippen molar-refractivity contribution in [3.05, 3.63) is 47.8 Å². The summed E-state index contributed by atoms with van der Waals surface area (Å²) in [5.41, 5.74) is 2.21. The quantitative estimate of drug-likeness (QED) is 0.629. The molecule has 0 radical (unpaired) electrons. The van der Waals surface area contributed by atoms with Gasteiger partial charge in [-0.25, -0.2) is 4.99 Å². The number of benzene rings is 1. The second kappa shape index (κ2) is 8.07. The maximum Gasteiger partial charge on any atom is 0.191 e. The monoisotopic (exact) mass is 301 g/mol. The second-order valence-corrected chi connectivity index (χ2v) is 4.85. The van der Waals surface area contributed by atoms with Crippen molar-refractivity contribution in [3.8, 4) is 5.75 Å². The Hall–Kier alpha value is -2.50. The molecule has 0 bridgehead atoms. The van der Waals surface area contributed by atoms with E-state index in [1.54, 1.807) is 13.3 Å². The molecule has 0 saturated heterocycles. The van der Waals surface area contributed by atoms with Crippen LogP contribution in [0.3, 0.4) is 0 Å². The third kappa shape index (κ3) is 4.51. The molecule has 1 aromatic heterocycles. The fourth-order valence-corrected chi connectivity index (χ4v) is 2.03. The van der Waals surface area contributed by atoms with Crippen LogP contribution in [0.5, 0.6) is 5.75 Å². The Morgan fingerprint density at radius 2 is 2.18 bits per heavy atom. The number of aryl methyl sites for hydroxylation is 1. The molecular formula is C16H23N5O. The molecule has 0 aliphatic carbocycles. The van der Waals surface area contributed by atoms with E-state index in [0.29, 0.717) is 13.1 Å². The van der Waals surface area contributed by atoms with Crippen LogP contribution in [0.1, 0.15) is 18.2 Å². The number of rotatable bonds is 6. The summed E-state index contributed by atoms with van der Waals surface area (Å²) in [5, 5.41) is 10.7. The predicted octanol–water partition coefficient (Wildman–Crippen LogP) is 1.68. The lowest BCUT2D eigenvalue weighted by Gasteiger charge is -2.11. The first kappa shape index (κ1) is 15.9. The van der Waals surface area contributed by atoms with E-state index in [0.717, 1.165) is 29.5 Å². The van der Waals surface area contributed by atoms with Gasteiger partial charge in [-0.1, -0.05) is 12.1 Å². The van der Waals surface area contributed by atoms with Gasteiger partial charge in [0, 0.05) is 19.8 Å². The van der Waals surface area contributed by atoms with Gasteiger partial charge in [0.2, 0.25) is 0 Å². The Morgan fingerprint density at radius 1 is 1.32 bits per heavy atom. The van der Waals surface area contributed by atoms with Crippen LogP contribution in [-0.4, -0.2) is 29.4 Å². The van der Waals surface area contributed by atoms with Gasteiger partial charge in [0.1, 0.15) is 5.75 Å². The van der Waals surface area contributed by atoms with Gasteiger partial charge in [-0.2, -0.15) is 5.10 Å². The number of nitrogens with zero attached hydrogens (tertiary/aromatic N) is 3. The summed E-state index contributed by atoms with van der Waals surface area (Å²) < 4.78 is 7.08. The maximum absolute atomic E-state index is 5.23. The maximum atomic E-state index is 5.23. The highest BCUT2D eigenvalue weighted by Crippen LogP contribution is 2.13. The topological polar surface area (TPSA) is 63.5 Å². The lowest BCUT2D eigenvalue weighted by Crippen LogP contribution is -2.37. The lowest BCUT2D eigenvalue weighted by atomic mass is 10.2. The summed E-state index contributed by atoms with van der Waals surface area (Å²) in [5.74, 6) is 1.63.